The molecular weight excluding hydrogens is 577 g/mol. The minimum absolute atomic E-state index is 0.0652. The summed E-state index contributed by atoms with van der Waals surface area (Å²) in [5.41, 5.74) is 4.18. The molecule has 0 fully saturated rings. The molecule has 6 aromatic carbocycles. The molecule has 0 radical (unpaired) electrons. The van der Waals surface area contributed by atoms with Crippen molar-refractivity contribution in [3.8, 4) is 28.4 Å². The van der Waals surface area contributed by atoms with Gasteiger partial charge in [0.15, 0.2) is 11.0 Å². The van der Waals surface area contributed by atoms with Crippen LogP contribution in [0.4, 0.5) is 0 Å². The molecule has 0 saturated carbocycles. The summed E-state index contributed by atoms with van der Waals surface area (Å²) in [5.74, 6) is 2.37. The number of hydrogen-bond acceptors (Lipinski definition) is 5. The summed E-state index contributed by atoms with van der Waals surface area (Å²) in [6.07, 6.45) is 4.28. The van der Waals surface area contributed by atoms with Crippen molar-refractivity contribution in [1.82, 2.24) is 0 Å². The van der Waals surface area contributed by atoms with Gasteiger partial charge in [-0.05, 0) is 77.2 Å². The van der Waals surface area contributed by atoms with Gasteiger partial charge in [-0.1, -0.05) is 72.8 Å². The van der Waals surface area contributed by atoms with Crippen LogP contribution in [0.15, 0.2) is 132 Å². The van der Waals surface area contributed by atoms with E-state index in [-0.39, 0.29) is 5.43 Å². The van der Waals surface area contributed by atoms with E-state index in [4.69, 9.17) is 14.2 Å². The van der Waals surface area contributed by atoms with Gasteiger partial charge >= 0.3 is 0 Å². The zero-order chi connectivity index (χ0) is 30.5. The smallest absolute Gasteiger partial charge is 0.195 e. The zero-order valence-corrected chi connectivity index (χ0v) is 25.6. The van der Waals surface area contributed by atoms with Gasteiger partial charge in [0.2, 0.25) is 0 Å². The van der Waals surface area contributed by atoms with E-state index in [1.807, 2.05) is 66.7 Å². The van der Waals surface area contributed by atoms with Gasteiger partial charge in [0.05, 0.1) is 14.2 Å². The summed E-state index contributed by atoms with van der Waals surface area (Å²) in [6, 6.07) is 40.6. The van der Waals surface area contributed by atoms with Gasteiger partial charge in [-0.15, -0.1) is 11.3 Å². The van der Waals surface area contributed by atoms with Gasteiger partial charge in [0.1, 0.15) is 17.2 Å². The second-order valence-corrected chi connectivity index (χ2v) is 12.2. The average Bonchev–Trinajstić information content (AvgIpc) is 3.11. The highest BCUT2D eigenvalue weighted by Crippen LogP contribution is 2.48. The van der Waals surface area contributed by atoms with Crippen molar-refractivity contribution in [3.63, 3.8) is 0 Å². The fraction of sp³-hybridized carbons (Fsp3) is 0.0750. The maximum Gasteiger partial charge on any atom is 0.195 e. The normalized spacial score (nSPS) is 13.5. The van der Waals surface area contributed by atoms with Crippen LogP contribution in [0, 0.1) is 0 Å². The first-order valence-electron chi connectivity index (χ1n) is 14.8. The van der Waals surface area contributed by atoms with Crippen LogP contribution in [0.2, 0.25) is 0 Å². The predicted molar refractivity (Wildman–Crippen MR) is 185 cm³/mol. The molecule has 45 heavy (non-hydrogen) atoms. The Kier molecular flexibility index (Phi) is 6.43. The molecule has 8 rings (SSSR count). The fourth-order valence-corrected chi connectivity index (χ4v) is 7.43. The van der Waals surface area contributed by atoms with Crippen LogP contribution in [-0.2, 0) is 5.60 Å². The summed E-state index contributed by atoms with van der Waals surface area (Å²) < 4.78 is 20.1. The van der Waals surface area contributed by atoms with Crippen molar-refractivity contribution < 1.29 is 14.2 Å². The van der Waals surface area contributed by atoms with Gasteiger partial charge in [0.25, 0.3) is 0 Å². The molecule has 4 nitrogen and oxygen atoms in total. The Morgan fingerprint density at radius 3 is 1.89 bits per heavy atom. The second kappa shape index (κ2) is 10.7. The first kappa shape index (κ1) is 27.2. The molecule has 0 saturated heterocycles. The fourth-order valence-electron chi connectivity index (χ4n) is 6.37. The number of hydrogen-bond donors (Lipinski definition) is 0. The van der Waals surface area contributed by atoms with Crippen LogP contribution in [-0.4, -0.2) is 14.2 Å². The molecule has 2 heterocycles. The van der Waals surface area contributed by atoms with Crippen molar-refractivity contribution in [2.45, 2.75) is 5.60 Å². The van der Waals surface area contributed by atoms with Crippen molar-refractivity contribution in [2.24, 2.45) is 0 Å². The van der Waals surface area contributed by atoms with Gasteiger partial charge in [-0.2, -0.15) is 0 Å². The number of benzene rings is 6. The van der Waals surface area contributed by atoms with Crippen molar-refractivity contribution >= 4 is 48.4 Å². The van der Waals surface area contributed by atoms with E-state index in [1.165, 1.54) is 0 Å². The van der Waals surface area contributed by atoms with E-state index in [0.717, 1.165) is 76.0 Å². The van der Waals surface area contributed by atoms with Crippen LogP contribution in [0.5, 0.6) is 17.2 Å². The Hall–Kier alpha value is -5.39. The van der Waals surface area contributed by atoms with Crippen LogP contribution < -0.4 is 19.6 Å². The van der Waals surface area contributed by atoms with E-state index in [0.29, 0.717) is 0 Å². The average molecular weight is 605 g/mol. The third-order valence-electron chi connectivity index (χ3n) is 8.71. The topological polar surface area (TPSA) is 44.8 Å². The third kappa shape index (κ3) is 4.39. The Bertz CT molecular complexity index is 2290. The summed E-state index contributed by atoms with van der Waals surface area (Å²) in [7, 11) is 3.34. The maximum atomic E-state index is 13.5. The highest BCUT2D eigenvalue weighted by atomic mass is 32.1. The van der Waals surface area contributed by atoms with Gasteiger partial charge in [0, 0.05) is 42.2 Å². The van der Waals surface area contributed by atoms with E-state index >= 15 is 0 Å². The molecule has 0 unspecified atom stereocenters. The first-order valence-corrected chi connectivity index (χ1v) is 15.6. The molecule has 5 heteroatoms. The van der Waals surface area contributed by atoms with E-state index in [9.17, 15) is 4.79 Å². The molecule has 1 aliphatic rings. The standard InChI is InChI=1S/C40H28O4S/c1-42-29-16-12-27(13-17-29)40(28-14-18-30(43-2)19-15-28)22-21-26-24-34(31-7-3-4-8-32(31)39(26)44-40)25-11-20-37-35(23-25)38(41)33-9-5-6-10-36(33)45-37/h3-24H,1-2H3. The molecule has 7 aromatic rings. The van der Waals surface area contributed by atoms with E-state index in [2.05, 4.69) is 66.7 Å². The lowest BCUT2D eigenvalue weighted by Gasteiger charge is -2.37. The summed E-state index contributed by atoms with van der Waals surface area (Å²) in [6.45, 7) is 0. The Labute approximate surface area is 264 Å². The third-order valence-corrected chi connectivity index (χ3v) is 9.86. The number of rotatable bonds is 5. The molecular formula is C40H28O4S. The Morgan fingerprint density at radius 1 is 0.622 bits per heavy atom. The second-order valence-electron chi connectivity index (χ2n) is 11.2. The highest BCUT2D eigenvalue weighted by molar-refractivity contribution is 7.24. The summed E-state index contributed by atoms with van der Waals surface area (Å²) in [5, 5.41) is 3.56. The molecule has 0 aliphatic carbocycles. The van der Waals surface area contributed by atoms with Crippen LogP contribution in [0.1, 0.15) is 16.7 Å². The lowest BCUT2D eigenvalue weighted by molar-refractivity contribution is 0.163. The van der Waals surface area contributed by atoms with Crippen molar-refractivity contribution in [2.75, 3.05) is 14.2 Å². The molecule has 1 aliphatic heterocycles. The summed E-state index contributed by atoms with van der Waals surface area (Å²) >= 11 is 1.65. The number of fused-ring (bicyclic) bond motifs is 5. The van der Waals surface area contributed by atoms with Crippen molar-refractivity contribution in [3.05, 3.63) is 154 Å². The quantitative estimate of drug-likeness (QED) is 0.184. The monoisotopic (exact) mass is 604 g/mol. The van der Waals surface area contributed by atoms with Gasteiger partial charge < -0.3 is 14.2 Å². The molecule has 218 valence electrons. The Morgan fingerprint density at radius 2 is 1.22 bits per heavy atom. The lowest BCUT2D eigenvalue weighted by Crippen LogP contribution is -2.34. The minimum Gasteiger partial charge on any atom is -0.497 e. The van der Waals surface area contributed by atoms with Gasteiger partial charge in [-0.25, -0.2) is 0 Å². The SMILES string of the molecule is COc1ccc(C2(c3ccc(OC)cc3)C=Cc3cc(-c4ccc5sc6ccccc6c(=O)c5c4)c4ccccc4c3O2)cc1. The van der Waals surface area contributed by atoms with Crippen LogP contribution in [0.3, 0.4) is 0 Å². The van der Waals surface area contributed by atoms with Gasteiger partial charge in [-0.3, -0.25) is 4.79 Å². The molecule has 0 bridgehead atoms. The number of ether oxygens (including phenoxy) is 3. The lowest BCUT2D eigenvalue weighted by atomic mass is 9.82. The minimum atomic E-state index is -0.876. The molecule has 1 aromatic heterocycles. The molecule has 0 spiro atoms. The van der Waals surface area contributed by atoms with Crippen molar-refractivity contribution in [1.29, 1.82) is 0 Å². The van der Waals surface area contributed by atoms with E-state index in [1.54, 1.807) is 25.6 Å². The first-order chi connectivity index (χ1) is 22.1. The summed E-state index contributed by atoms with van der Waals surface area (Å²) in [4.78, 5) is 13.5. The maximum absolute atomic E-state index is 13.5. The predicted octanol–water partition coefficient (Wildman–Crippen LogP) is 9.60. The molecule has 0 atom stereocenters. The zero-order valence-electron chi connectivity index (χ0n) is 24.7. The largest absolute Gasteiger partial charge is 0.497 e. The number of methoxy groups -OCH3 is 2. The highest BCUT2D eigenvalue weighted by Gasteiger charge is 2.38. The van der Waals surface area contributed by atoms with Crippen LogP contribution in [0.25, 0.3) is 48.1 Å². The Balaban J connectivity index is 1.32. The van der Waals surface area contributed by atoms with Crippen LogP contribution >= 0.6 is 11.3 Å². The van der Waals surface area contributed by atoms with E-state index < -0.39 is 5.60 Å². The molecule has 0 N–H and O–H groups in total. The molecule has 0 amide bonds.